The number of hydrogen-bond donors (Lipinski definition) is 1. The molecule has 0 atom stereocenters. The van der Waals surface area contributed by atoms with E-state index in [1.165, 1.54) is 0 Å². The van der Waals surface area contributed by atoms with Crippen molar-refractivity contribution in [3.8, 4) is 6.07 Å². The maximum atomic E-state index is 12.3. The molecule has 2 aromatic carbocycles. The van der Waals surface area contributed by atoms with Gasteiger partial charge < -0.3 is 10.1 Å². The third-order valence-corrected chi connectivity index (χ3v) is 4.38. The smallest absolute Gasteiger partial charge is 0.179 e. The van der Waals surface area contributed by atoms with E-state index in [0.29, 0.717) is 23.9 Å². The Labute approximate surface area is 151 Å². The van der Waals surface area contributed by atoms with Crippen molar-refractivity contribution in [3.63, 3.8) is 0 Å². The molecular formula is C20H17ClN2O2. The molecule has 1 aliphatic carbocycles. The van der Waals surface area contributed by atoms with Crippen LogP contribution in [0, 0.1) is 11.3 Å². The van der Waals surface area contributed by atoms with E-state index in [1.807, 2.05) is 42.5 Å². The largest absolute Gasteiger partial charge is 0.380 e. The summed E-state index contributed by atoms with van der Waals surface area (Å²) in [6.45, 7) is 0.979. The fraction of sp³-hybridized carbons (Fsp3) is 0.200. The fourth-order valence-corrected chi connectivity index (χ4v) is 3.02. The van der Waals surface area contributed by atoms with Gasteiger partial charge in [0, 0.05) is 30.7 Å². The first-order valence-corrected chi connectivity index (χ1v) is 8.27. The first kappa shape index (κ1) is 17.2. The molecule has 0 spiro atoms. The van der Waals surface area contributed by atoms with Gasteiger partial charge in [-0.15, -0.1) is 0 Å². The monoisotopic (exact) mass is 352 g/mol. The fourth-order valence-electron chi connectivity index (χ4n) is 2.90. The van der Waals surface area contributed by atoms with Gasteiger partial charge in [-0.1, -0.05) is 35.9 Å². The third-order valence-electron chi connectivity index (χ3n) is 4.13. The number of fused-ring (bicyclic) bond motifs is 1. The number of benzene rings is 2. The van der Waals surface area contributed by atoms with Crippen molar-refractivity contribution in [2.24, 2.45) is 0 Å². The summed E-state index contributed by atoms with van der Waals surface area (Å²) in [6, 6.07) is 15.4. The van der Waals surface area contributed by atoms with Crippen LogP contribution in [0.4, 0.5) is 0 Å². The second-order valence-corrected chi connectivity index (χ2v) is 6.30. The normalized spacial score (nSPS) is 13.4. The highest BCUT2D eigenvalue weighted by molar-refractivity contribution is 6.30. The van der Waals surface area contributed by atoms with Crippen LogP contribution >= 0.6 is 11.6 Å². The average Bonchev–Trinajstić information content (AvgIpc) is 2.61. The van der Waals surface area contributed by atoms with Crippen molar-refractivity contribution >= 4 is 23.1 Å². The quantitative estimate of drug-likeness (QED) is 0.892. The van der Waals surface area contributed by atoms with E-state index >= 15 is 0 Å². The molecule has 25 heavy (non-hydrogen) atoms. The third kappa shape index (κ3) is 3.74. The summed E-state index contributed by atoms with van der Waals surface area (Å²) in [5.74, 6) is -0.159. The van der Waals surface area contributed by atoms with Crippen LogP contribution < -0.4 is 5.32 Å². The minimum atomic E-state index is -0.159. The van der Waals surface area contributed by atoms with Gasteiger partial charge >= 0.3 is 0 Å². The van der Waals surface area contributed by atoms with Gasteiger partial charge in [0.25, 0.3) is 0 Å². The number of ketones is 1. The summed E-state index contributed by atoms with van der Waals surface area (Å²) in [5.41, 5.74) is 4.58. The Morgan fingerprint density at radius 1 is 1.20 bits per heavy atom. The summed E-state index contributed by atoms with van der Waals surface area (Å²) >= 11 is 5.91. The lowest BCUT2D eigenvalue weighted by Crippen LogP contribution is -2.23. The van der Waals surface area contributed by atoms with Gasteiger partial charge in [0.05, 0.1) is 12.3 Å². The van der Waals surface area contributed by atoms with Crippen LogP contribution in [0.3, 0.4) is 0 Å². The Bertz CT molecular complexity index is 880. The van der Waals surface area contributed by atoms with E-state index in [0.717, 1.165) is 22.3 Å². The Balaban J connectivity index is 1.96. The van der Waals surface area contributed by atoms with Crippen molar-refractivity contribution < 1.29 is 9.53 Å². The molecule has 0 bridgehead atoms. The Kier molecular flexibility index (Phi) is 5.18. The minimum Gasteiger partial charge on any atom is -0.380 e. The zero-order valence-electron chi connectivity index (χ0n) is 13.8. The first-order chi connectivity index (χ1) is 12.1. The lowest BCUT2D eigenvalue weighted by molar-refractivity contribution is -0.114. The number of carbonyl (C=O) groups excluding carboxylic acids is 1. The number of nitriles is 1. The molecular weight excluding hydrogens is 336 g/mol. The average molecular weight is 353 g/mol. The first-order valence-electron chi connectivity index (χ1n) is 7.89. The number of methoxy groups -OCH3 is 1. The Morgan fingerprint density at radius 2 is 1.92 bits per heavy atom. The van der Waals surface area contributed by atoms with E-state index in [-0.39, 0.29) is 17.8 Å². The van der Waals surface area contributed by atoms with Crippen molar-refractivity contribution in [3.05, 3.63) is 75.3 Å². The van der Waals surface area contributed by atoms with E-state index < -0.39 is 0 Å². The molecule has 0 radical (unpaired) electrons. The zero-order chi connectivity index (χ0) is 17.8. The molecule has 1 N–H and O–H groups in total. The van der Waals surface area contributed by atoms with Gasteiger partial charge in [-0.25, -0.2) is 0 Å². The molecule has 3 rings (SSSR count). The van der Waals surface area contributed by atoms with Crippen LogP contribution in [0.1, 0.15) is 22.3 Å². The number of Topliss-reactive ketones (excluding diaryl/α,β-unsaturated/α-hetero) is 1. The lowest BCUT2D eigenvalue weighted by Gasteiger charge is -2.22. The number of nitrogens with zero attached hydrogens (tertiary/aromatic N) is 1. The molecule has 0 unspecified atom stereocenters. The van der Waals surface area contributed by atoms with Crippen LogP contribution in [0.2, 0.25) is 5.02 Å². The number of allylic oxidation sites excluding steroid dienone is 1. The van der Waals surface area contributed by atoms with E-state index in [2.05, 4.69) is 11.4 Å². The molecule has 5 heteroatoms. The zero-order valence-corrected chi connectivity index (χ0v) is 14.6. The van der Waals surface area contributed by atoms with Gasteiger partial charge in [-0.3, -0.25) is 4.79 Å². The predicted octanol–water partition coefficient (Wildman–Crippen LogP) is 3.64. The molecule has 0 amide bonds. The van der Waals surface area contributed by atoms with Crippen LogP contribution in [0.5, 0.6) is 0 Å². The molecule has 0 fully saturated rings. The number of hydrogen-bond acceptors (Lipinski definition) is 4. The van der Waals surface area contributed by atoms with Crippen LogP contribution in [0.15, 0.2) is 48.0 Å². The Morgan fingerprint density at radius 3 is 2.60 bits per heavy atom. The second kappa shape index (κ2) is 7.52. The van der Waals surface area contributed by atoms with Gasteiger partial charge in [0.2, 0.25) is 0 Å². The molecule has 1 aliphatic rings. The molecule has 0 aliphatic heterocycles. The number of rotatable bonds is 5. The molecule has 0 saturated heterocycles. The summed E-state index contributed by atoms with van der Waals surface area (Å²) in [4.78, 5) is 12.3. The number of nitrogens with one attached hydrogen (secondary N) is 1. The van der Waals surface area contributed by atoms with Crippen LogP contribution in [-0.2, 0) is 29.1 Å². The summed E-state index contributed by atoms with van der Waals surface area (Å²) in [6.07, 6.45) is 0.248. The Hall–Kier alpha value is -2.61. The highest BCUT2D eigenvalue weighted by Gasteiger charge is 2.25. The predicted molar refractivity (Wildman–Crippen MR) is 96.7 cm³/mol. The molecule has 126 valence electrons. The van der Waals surface area contributed by atoms with Crippen molar-refractivity contribution in [2.75, 3.05) is 7.11 Å². The van der Waals surface area contributed by atoms with Crippen molar-refractivity contribution in [1.82, 2.24) is 5.32 Å². The van der Waals surface area contributed by atoms with Gasteiger partial charge in [-0.2, -0.15) is 5.26 Å². The molecule has 0 aromatic heterocycles. The minimum absolute atomic E-state index is 0.159. The highest BCUT2D eigenvalue weighted by atomic mass is 35.5. The maximum Gasteiger partial charge on any atom is 0.179 e. The van der Waals surface area contributed by atoms with Gasteiger partial charge in [0.15, 0.2) is 5.78 Å². The topological polar surface area (TPSA) is 62.1 Å². The number of carbonyl (C=O) groups is 1. The van der Waals surface area contributed by atoms with Crippen LogP contribution in [-0.4, -0.2) is 12.9 Å². The van der Waals surface area contributed by atoms with E-state index in [9.17, 15) is 10.1 Å². The number of ether oxygens (including phenoxy) is 1. The van der Waals surface area contributed by atoms with Crippen molar-refractivity contribution in [2.45, 2.75) is 19.6 Å². The van der Waals surface area contributed by atoms with Gasteiger partial charge in [0.1, 0.15) is 11.6 Å². The summed E-state index contributed by atoms with van der Waals surface area (Å²) < 4.78 is 5.19. The lowest BCUT2D eigenvalue weighted by atomic mass is 9.87. The second-order valence-electron chi connectivity index (χ2n) is 5.87. The van der Waals surface area contributed by atoms with Crippen LogP contribution in [0.25, 0.3) is 5.70 Å². The molecule has 0 saturated carbocycles. The standard InChI is InChI=1S/C20H17ClN2O2/c1-25-12-14-2-5-15-9-19(24)18(10-22)20(17(15)8-14)23-11-13-3-6-16(21)7-4-13/h2-8,23H,9,11-12H2,1H3. The van der Waals surface area contributed by atoms with E-state index in [4.69, 9.17) is 16.3 Å². The highest BCUT2D eigenvalue weighted by Crippen LogP contribution is 2.29. The van der Waals surface area contributed by atoms with E-state index in [1.54, 1.807) is 7.11 Å². The number of halogens is 1. The van der Waals surface area contributed by atoms with Gasteiger partial charge in [-0.05, 0) is 34.9 Å². The molecule has 4 nitrogen and oxygen atoms in total. The SMILES string of the molecule is COCc1ccc2c(c1)C(NCc1ccc(Cl)cc1)=C(C#N)C(=O)C2. The summed E-state index contributed by atoms with van der Waals surface area (Å²) in [5, 5.41) is 13.4. The van der Waals surface area contributed by atoms with Crippen molar-refractivity contribution in [1.29, 1.82) is 5.26 Å². The summed E-state index contributed by atoms with van der Waals surface area (Å²) in [7, 11) is 1.64. The molecule has 2 aromatic rings. The maximum absolute atomic E-state index is 12.3. The molecule has 0 heterocycles.